The smallest absolute Gasteiger partial charge is 0.233 e. The Morgan fingerprint density at radius 3 is 2.65 bits per heavy atom. The van der Waals surface area contributed by atoms with Gasteiger partial charge in [-0.25, -0.2) is 0 Å². The predicted octanol–water partition coefficient (Wildman–Crippen LogP) is 3.13. The van der Waals surface area contributed by atoms with Crippen LogP contribution in [0.2, 0.25) is 5.02 Å². The normalized spacial score (nSPS) is 10.6. The molecule has 5 heteroatoms. The number of fused-ring (bicyclic) bond motifs is 1. The highest BCUT2D eigenvalue weighted by Crippen LogP contribution is 2.19. The van der Waals surface area contributed by atoms with E-state index in [9.17, 15) is 0 Å². The highest BCUT2D eigenvalue weighted by Gasteiger charge is 2.07. The van der Waals surface area contributed by atoms with E-state index in [2.05, 4.69) is 15.5 Å². The molecule has 3 rings (SSSR count). The molecule has 0 saturated carbocycles. The molecule has 0 aliphatic carbocycles. The summed E-state index contributed by atoms with van der Waals surface area (Å²) >= 11 is 6.02. The Labute approximate surface area is 103 Å². The van der Waals surface area contributed by atoms with Gasteiger partial charge in [0.2, 0.25) is 5.95 Å². The second-order valence-electron chi connectivity index (χ2n) is 3.56. The van der Waals surface area contributed by atoms with Crippen molar-refractivity contribution in [2.45, 2.75) is 0 Å². The van der Waals surface area contributed by atoms with Crippen LogP contribution in [0.4, 0.5) is 11.6 Å². The largest absolute Gasteiger partial charge is 0.324 e. The van der Waals surface area contributed by atoms with Crippen molar-refractivity contribution >= 4 is 28.9 Å². The van der Waals surface area contributed by atoms with Crippen LogP contribution >= 0.6 is 11.6 Å². The van der Waals surface area contributed by atoms with Crippen LogP contribution in [0.3, 0.4) is 0 Å². The second-order valence-corrected chi connectivity index (χ2v) is 3.97. The van der Waals surface area contributed by atoms with Crippen LogP contribution in [0.5, 0.6) is 0 Å². The molecule has 1 aromatic carbocycles. The number of halogens is 1. The van der Waals surface area contributed by atoms with E-state index in [4.69, 9.17) is 11.6 Å². The predicted molar refractivity (Wildman–Crippen MR) is 67.7 cm³/mol. The Kier molecular flexibility index (Phi) is 2.42. The Hall–Kier alpha value is -2.07. The van der Waals surface area contributed by atoms with E-state index in [1.165, 1.54) is 0 Å². The Balaban J connectivity index is 2.05. The summed E-state index contributed by atoms with van der Waals surface area (Å²) in [5, 5.41) is 11.9. The average Bonchev–Trinajstić information content (AvgIpc) is 2.76. The molecule has 17 heavy (non-hydrogen) atoms. The summed E-state index contributed by atoms with van der Waals surface area (Å²) in [6.07, 6.45) is 1.87. The average molecular weight is 245 g/mol. The van der Waals surface area contributed by atoms with Crippen molar-refractivity contribution in [3.8, 4) is 0 Å². The van der Waals surface area contributed by atoms with E-state index >= 15 is 0 Å². The van der Waals surface area contributed by atoms with Crippen molar-refractivity contribution in [3.63, 3.8) is 0 Å². The summed E-state index contributed by atoms with van der Waals surface area (Å²) in [6.45, 7) is 0. The number of para-hydroxylation sites is 1. The lowest BCUT2D eigenvalue weighted by molar-refractivity contribution is 1.11. The van der Waals surface area contributed by atoms with E-state index in [-0.39, 0.29) is 0 Å². The number of pyridine rings is 1. The van der Waals surface area contributed by atoms with Crippen LogP contribution < -0.4 is 5.32 Å². The van der Waals surface area contributed by atoms with Gasteiger partial charge in [-0.1, -0.05) is 29.8 Å². The summed E-state index contributed by atoms with van der Waals surface area (Å²) < 4.78 is 1.81. The van der Waals surface area contributed by atoms with Crippen LogP contribution in [0.25, 0.3) is 5.65 Å². The zero-order valence-corrected chi connectivity index (χ0v) is 9.59. The van der Waals surface area contributed by atoms with Gasteiger partial charge in [0.05, 0.1) is 5.02 Å². The van der Waals surface area contributed by atoms with Crippen LogP contribution in [0.15, 0.2) is 48.7 Å². The van der Waals surface area contributed by atoms with Crippen LogP contribution in [0.1, 0.15) is 0 Å². The van der Waals surface area contributed by atoms with E-state index in [1.807, 2.05) is 47.0 Å². The van der Waals surface area contributed by atoms with Gasteiger partial charge in [0.25, 0.3) is 0 Å². The maximum atomic E-state index is 6.02. The molecule has 2 aromatic heterocycles. The number of aromatic nitrogens is 3. The summed E-state index contributed by atoms with van der Waals surface area (Å²) in [5.74, 6) is 0.647. The van der Waals surface area contributed by atoms with E-state index in [1.54, 1.807) is 6.07 Å². The monoisotopic (exact) mass is 244 g/mol. The molecular weight excluding hydrogens is 236 g/mol. The van der Waals surface area contributed by atoms with Gasteiger partial charge in [-0.05, 0) is 24.3 Å². The molecule has 0 spiro atoms. The van der Waals surface area contributed by atoms with Crippen molar-refractivity contribution in [2.24, 2.45) is 0 Å². The van der Waals surface area contributed by atoms with Crippen molar-refractivity contribution in [1.29, 1.82) is 0 Å². The molecule has 2 heterocycles. The lowest BCUT2D eigenvalue weighted by Gasteiger charge is -2.03. The molecule has 0 amide bonds. The molecule has 0 unspecified atom stereocenters. The molecule has 0 fully saturated rings. The molecule has 4 nitrogen and oxygen atoms in total. The van der Waals surface area contributed by atoms with Gasteiger partial charge in [0, 0.05) is 11.9 Å². The number of rotatable bonds is 2. The maximum absolute atomic E-state index is 6.02. The minimum atomic E-state index is 0.584. The fourth-order valence-corrected chi connectivity index (χ4v) is 1.82. The molecule has 0 radical (unpaired) electrons. The van der Waals surface area contributed by atoms with E-state index in [0.717, 1.165) is 5.69 Å². The zero-order valence-electron chi connectivity index (χ0n) is 8.84. The first-order valence-electron chi connectivity index (χ1n) is 5.16. The van der Waals surface area contributed by atoms with Crippen LogP contribution in [0, 0.1) is 0 Å². The topological polar surface area (TPSA) is 42.2 Å². The van der Waals surface area contributed by atoms with Crippen molar-refractivity contribution in [3.05, 3.63) is 53.7 Å². The molecule has 0 saturated heterocycles. The van der Waals surface area contributed by atoms with Gasteiger partial charge < -0.3 is 5.32 Å². The first-order chi connectivity index (χ1) is 8.34. The standard InChI is InChI=1S/C12H9ClN4/c13-10-7-4-8-17-11(10)15-16-12(17)14-9-5-2-1-3-6-9/h1-8H,(H,14,16). The number of benzene rings is 1. The van der Waals surface area contributed by atoms with Crippen molar-refractivity contribution in [1.82, 2.24) is 14.6 Å². The lowest BCUT2D eigenvalue weighted by atomic mass is 10.3. The maximum Gasteiger partial charge on any atom is 0.233 e. The van der Waals surface area contributed by atoms with Gasteiger partial charge in [-0.3, -0.25) is 4.40 Å². The molecule has 0 atom stereocenters. The third-order valence-corrected chi connectivity index (χ3v) is 2.71. The third-order valence-electron chi connectivity index (χ3n) is 2.42. The molecule has 0 bridgehead atoms. The lowest BCUT2D eigenvalue weighted by Crippen LogP contribution is -1.96. The van der Waals surface area contributed by atoms with Crippen LogP contribution in [-0.2, 0) is 0 Å². The molecule has 84 valence electrons. The summed E-state index contributed by atoms with van der Waals surface area (Å²) in [4.78, 5) is 0. The van der Waals surface area contributed by atoms with Gasteiger partial charge >= 0.3 is 0 Å². The number of anilines is 2. The quantitative estimate of drug-likeness (QED) is 0.753. The molecule has 3 aromatic rings. The fourth-order valence-electron chi connectivity index (χ4n) is 1.62. The van der Waals surface area contributed by atoms with Gasteiger partial charge in [-0.15, -0.1) is 10.2 Å². The SMILES string of the molecule is Clc1cccn2c(Nc3ccccc3)nnc12. The second kappa shape index (κ2) is 4.07. The van der Waals surface area contributed by atoms with Crippen LogP contribution in [-0.4, -0.2) is 14.6 Å². The number of nitrogens with zero attached hydrogens (tertiary/aromatic N) is 3. The minimum absolute atomic E-state index is 0.584. The molecule has 0 aliphatic rings. The number of hydrogen-bond donors (Lipinski definition) is 1. The van der Waals surface area contributed by atoms with Crippen molar-refractivity contribution in [2.75, 3.05) is 5.32 Å². The fraction of sp³-hybridized carbons (Fsp3) is 0. The minimum Gasteiger partial charge on any atom is -0.324 e. The molecular formula is C12H9ClN4. The number of nitrogens with one attached hydrogen (secondary N) is 1. The first-order valence-corrected chi connectivity index (χ1v) is 5.54. The van der Waals surface area contributed by atoms with E-state index in [0.29, 0.717) is 16.6 Å². The summed E-state index contributed by atoms with van der Waals surface area (Å²) in [5.41, 5.74) is 1.61. The van der Waals surface area contributed by atoms with Crippen molar-refractivity contribution < 1.29 is 0 Å². The summed E-state index contributed by atoms with van der Waals surface area (Å²) in [6, 6.07) is 13.4. The zero-order chi connectivity index (χ0) is 11.7. The first kappa shape index (κ1) is 10.1. The van der Waals surface area contributed by atoms with Gasteiger partial charge in [0.1, 0.15) is 0 Å². The molecule has 1 N–H and O–H groups in total. The highest BCUT2D eigenvalue weighted by atomic mass is 35.5. The Morgan fingerprint density at radius 2 is 1.82 bits per heavy atom. The van der Waals surface area contributed by atoms with Gasteiger partial charge in [0.15, 0.2) is 5.65 Å². The Morgan fingerprint density at radius 1 is 1.00 bits per heavy atom. The highest BCUT2D eigenvalue weighted by molar-refractivity contribution is 6.33. The third kappa shape index (κ3) is 1.83. The van der Waals surface area contributed by atoms with E-state index < -0.39 is 0 Å². The van der Waals surface area contributed by atoms with Gasteiger partial charge in [-0.2, -0.15) is 0 Å². The molecule has 0 aliphatic heterocycles. The number of hydrogen-bond acceptors (Lipinski definition) is 3. The Bertz CT molecular complexity index is 648. The summed E-state index contributed by atoms with van der Waals surface area (Å²) in [7, 11) is 0.